The summed E-state index contributed by atoms with van der Waals surface area (Å²) in [6.45, 7) is -0.113. The van der Waals surface area contributed by atoms with E-state index in [0.29, 0.717) is 11.1 Å². The van der Waals surface area contributed by atoms with Gasteiger partial charge in [0, 0.05) is 36.8 Å². The van der Waals surface area contributed by atoms with Crippen molar-refractivity contribution in [2.45, 2.75) is 25.9 Å². The van der Waals surface area contributed by atoms with E-state index in [-0.39, 0.29) is 12.2 Å². The summed E-state index contributed by atoms with van der Waals surface area (Å²) in [5.41, 5.74) is 4.63. The fraction of sp³-hybridized carbons (Fsp3) is 0.240. The highest BCUT2D eigenvalue weighted by Gasteiger charge is 2.17. The number of carbonyl (C=O) groups excluding carboxylic acids is 1. The van der Waals surface area contributed by atoms with Crippen LogP contribution in [0, 0.1) is 11.3 Å². The smallest absolute Gasteiger partial charge is 0.349 e. The molecule has 0 saturated carbocycles. The summed E-state index contributed by atoms with van der Waals surface area (Å²) in [4.78, 5) is 26.5. The number of nitriles is 1. The number of aryl methyl sites for hydroxylation is 2. The van der Waals surface area contributed by atoms with E-state index in [1.165, 1.54) is 23.3 Å². The number of fused-ring (bicyclic) bond motifs is 2. The zero-order valence-electron chi connectivity index (χ0n) is 17.5. The highest BCUT2D eigenvalue weighted by atomic mass is 16.5. The van der Waals surface area contributed by atoms with Crippen LogP contribution in [0.3, 0.4) is 0 Å². The summed E-state index contributed by atoms with van der Waals surface area (Å²) in [5, 5.41) is 10.2. The second kappa shape index (κ2) is 8.49. The zero-order valence-corrected chi connectivity index (χ0v) is 17.5. The van der Waals surface area contributed by atoms with Crippen LogP contribution in [-0.4, -0.2) is 20.1 Å². The standard InChI is InChI=1S/C25H22N2O4/c1-27(2)21-8-6-16(7-9-21)10-19(14-26)25(29)30-15-20-13-24(28)31-23-12-18-5-3-4-17(18)11-22(20)23/h6-13H,3-5,15H2,1-2H3/b19-10+. The molecule has 6 nitrogen and oxygen atoms in total. The van der Waals surface area contributed by atoms with Crippen molar-refractivity contribution in [3.63, 3.8) is 0 Å². The second-order valence-electron chi connectivity index (χ2n) is 7.79. The number of anilines is 1. The molecule has 0 bridgehead atoms. The zero-order chi connectivity index (χ0) is 22.0. The lowest BCUT2D eigenvalue weighted by molar-refractivity contribution is -0.139. The summed E-state index contributed by atoms with van der Waals surface area (Å²) >= 11 is 0. The number of carbonyl (C=O) groups is 1. The fourth-order valence-electron chi connectivity index (χ4n) is 3.81. The third-order valence-electron chi connectivity index (χ3n) is 5.46. The molecule has 0 amide bonds. The minimum atomic E-state index is -0.735. The number of nitrogens with zero attached hydrogens (tertiary/aromatic N) is 2. The lowest BCUT2D eigenvalue weighted by Crippen LogP contribution is -2.09. The van der Waals surface area contributed by atoms with E-state index in [1.807, 2.05) is 61.5 Å². The highest BCUT2D eigenvalue weighted by molar-refractivity contribution is 5.98. The first kappa shape index (κ1) is 20.4. The van der Waals surface area contributed by atoms with Crippen molar-refractivity contribution in [2.75, 3.05) is 19.0 Å². The summed E-state index contributed by atoms with van der Waals surface area (Å²) < 4.78 is 10.7. The van der Waals surface area contributed by atoms with Gasteiger partial charge < -0.3 is 14.1 Å². The van der Waals surface area contributed by atoms with Crippen LogP contribution in [0.1, 0.15) is 28.7 Å². The Morgan fingerprint density at radius 1 is 1.16 bits per heavy atom. The topological polar surface area (TPSA) is 83.5 Å². The van der Waals surface area contributed by atoms with Gasteiger partial charge in [-0.05, 0) is 66.3 Å². The Morgan fingerprint density at radius 3 is 2.55 bits per heavy atom. The summed E-state index contributed by atoms with van der Waals surface area (Å²) in [6, 6.07) is 14.6. The average Bonchev–Trinajstić information content (AvgIpc) is 3.21. The molecule has 3 aromatic rings. The monoisotopic (exact) mass is 414 g/mol. The van der Waals surface area contributed by atoms with Crippen LogP contribution in [0.25, 0.3) is 17.0 Å². The van der Waals surface area contributed by atoms with Gasteiger partial charge in [0.2, 0.25) is 0 Å². The van der Waals surface area contributed by atoms with Crippen LogP contribution < -0.4 is 10.5 Å². The first-order chi connectivity index (χ1) is 14.9. The Bertz CT molecular complexity index is 1280. The maximum atomic E-state index is 12.5. The van der Waals surface area contributed by atoms with Gasteiger partial charge in [-0.2, -0.15) is 5.26 Å². The van der Waals surface area contributed by atoms with E-state index in [2.05, 4.69) is 0 Å². The van der Waals surface area contributed by atoms with Crippen LogP contribution >= 0.6 is 0 Å². The van der Waals surface area contributed by atoms with Crippen LogP contribution in [-0.2, 0) is 29.0 Å². The number of benzene rings is 2. The average molecular weight is 414 g/mol. The fourth-order valence-corrected chi connectivity index (χ4v) is 3.81. The quantitative estimate of drug-likeness (QED) is 0.272. The van der Waals surface area contributed by atoms with E-state index in [0.717, 1.165) is 35.9 Å². The van der Waals surface area contributed by atoms with Crippen molar-refractivity contribution >= 4 is 28.7 Å². The molecule has 0 N–H and O–H groups in total. The molecule has 0 saturated heterocycles. The Hall–Kier alpha value is -3.85. The van der Waals surface area contributed by atoms with Crippen molar-refractivity contribution < 1.29 is 13.9 Å². The normalized spacial score (nSPS) is 13.0. The molecule has 1 aromatic heterocycles. The molecule has 0 spiro atoms. The largest absolute Gasteiger partial charge is 0.457 e. The molecule has 1 aliphatic carbocycles. The Morgan fingerprint density at radius 2 is 1.87 bits per heavy atom. The number of hydrogen-bond donors (Lipinski definition) is 0. The van der Waals surface area contributed by atoms with Crippen molar-refractivity contribution in [3.8, 4) is 6.07 Å². The third-order valence-corrected chi connectivity index (χ3v) is 5.46. The molecule has 6 heteroatoms. The summed E-state index contributed by atoms with van der Waals surface area (Å²) in [7, 11) is 3.87. The molecule has 0 unspecified atom stereocenters. The van der Waals surface area contributed by atoms with E-state index < -0.39 is 11.6 Å². The minimum Gasteiger partial charge on any atom is -0.457 e. The molecule has 1 heterocycles. The lowest BCUT2D eigenvalue weighted by Gasteiger charge is -2.12. The van der Waals surface area contributed by atoms with Gasteiger partial charge >= 0.3 is 11.6 Å². The number of esters is 1. The van der Waals surface area contributed by atoms with Gasteiger partial charge in [-0.15, -0.1) is 0 Å². The summed E-state index contributed by atoms with van der Waals surface area (Å²) in [5.74, 6) is -0.735. The first-order valence-electron chi connectivity index (χ1n) is 10.1. The second-order valence-corrected chi connectivity index (χ2v) is 7.79. The number of rotatable bonds is 5. The molecule has 1 aliphatic rings. The van der Waals surface area contributed by atoms with Crippen LogP contribution in [0.15, 0.2) is 57.2 Å². The van der Waals surface area contributed by atoms with Crippen molar-refractivity contribution in [1.29, 1.82) is 5.26 Å². The van der Waals surface area contributed by atoms with Gasteiger partial charge in [-0.25, -0.2) is 9.59 Å². The van der Waals surface area contributed by atoms with Gasteiger partial charge in [0.15, 0.2) is 0 Å². The van der Waals surface area contributed by atoms with Crippen molar-refractivity contribution in [1.82, 2.24) is 0 Å². The van der Waals surface area contributed by atoms with Crippen LogP contribution in [0.2, 0.25) is 0 Å². The molecule has 0 aliphatic heterocycles. The molecule has 31 heavy (non-hydrogen) atoms. The number of ether oxygens (including phenoxy) is 1. The maximum absolute atomic E-state index is 12.5. The highest BCUT2D eigenvalue weighted by Crippen LogP contribution is 2.29. The van der Waals surface area contributed by atoms with Gasteiger partial charge in [0.25, 0.3) is 0 Å². The Labute approximate surface area is 180 Å². The predicted molar refractivity (Wildman–Crippen MR) is 119 cm³/mol. The van der Waals surface area contributed by atoms with E-state index >= 15 is 0 Å². The van der Waals surface area contributed by atoms with Crippen LogP contribution in [0.4, 0.5) is 5.69 Å². The Kier molecular flexibility index (Phi) is 5.59. The first-order valence-corrected chi connectivity index (χ1v) is 10.1. The molecule has 2 aromatic carbocycles. The molecular formula is C25H22N2O4. The molecular weight excluding hydrogens is 392 g/mol. The molecule has 0 atom stereocenters. The van der Waals surface area contributed by atoms with Crippen LogP contribution in [0.5, 0.6) is 0 Å². The molecule has 0 radical (unpaired) electrons. The van der Waals surface area contributed by atoms with E-state index in [9.17, 15) is 14.9 Å². The molecule has 156 valence electrons. The van der Waals surface area contributed by atoms with Gasteiger partial charge in [0.05, 0.1) is 0 Å². The Balaban J connectivity index is 1.55. The minimum absolute atomic E-state index is 0.106. The molecule has 4 rings (SSSR count). The SMILES string of the molecule is CN(C)c1ccc(/C=C(\C#N)C(=O)OCc2cc(=O)oc3cc4c(cc23)CCC4)cc1. The maximum Gasteiger partial charge on any atom is 0.349 e. The van der Waals surface area contributed by atoms with Gasteiger partial charge in [-0.3, -0.25) is 0 Å². The third kappa shape index (κ3) is 4.36. The van der Waals surface area contributed by atoms with E-state index in [4.69, 9.17) is 9.15 Å². The van der Waals surface area contributed by atoms with Crippen molar-refractivity contribution in [3.05, 3.63) is 80.7 Å². The summed E-state index contributed by atoms with van der Waals surface area (Å²) in [6.07, 6.45) is 4.52. The lowest BCUT2D eigenvalue weighted by atomic mass is 10.0. The van der Waals surface area contributed by atoms with Gasteiger partial charge in [-0.1, -0.05) is 12.1 Å². The van der Waals surface area contributed by atoms with E-state index in [1.54, 1.807) is 0 Å². The molecule has 0 fully saturated rings. The predicted octanol–water partition coefficient (Wildman–Crippen LogP) is 4.00. The van der Waals surface area contributed by atoms with Crippen molar-refractivity contribution in [2.24, 2.45) is 0 Å². The number of hydrogen-bond acceptors (Lipinski definition) is 6. The van der Waals surface area contributed by atoms with Gasteiger partial charge in [0.1, 0.15) is 23.8 Å².